The number of rotatable bonds is 1. The predicted molar refractivity (Wildman–Crippen MR) is 61.8 cm³/mol. The molecule has 1 aliphatic rings. The van der Waals surface area contributed by atoms with E-state index >= 15 is 0 Å². The van der Waals surface area contributed by atoms with Gasteiger partial charge in [0.05, 0.1) is 5.69 Å². The number of hydrogen-bond acceptors (Lipinski definition) is 3. The van der Waals surface area contributed by atoms with Crippen LogP contribution in [0.15, 0.2) is 18.2 Å². The summed E-state index contributed by atoms with van der Waals surface area (Å²) in [6.45, 7) is 0. The van der Waals surface area contributed by atoms with Gasteiger partial charge in [0.2, 0.25) is 0 Å². The van der Waals surface area contributed by atoms with Crippen molar-refractivity contribution in [1.82, 2.24) is 0 Å². The molecule has 3 heteroatoms. The van der Waals surface area contributed by atoms with Gasteiger partial charge in [0.1, 0.15) is 5.75 Å². The van der Waals surface area contributed by atoms with Crippen LogP contribution >= 0.6 is 11.8 Å². The standard InChI is InChI=1S/C11H15NOS/c12-10-7-9(1-2-11(10)13)8-3-5-14-6-4-8/h1-2,7-8,13H,3-6,12H2. The third-order valence-electron chi connectivity index (χ3n) is 2.74. The Morgan fingerprint density at radius 1 is 1.29 bits per heavy atom. The zero-order valence-electron chi connectivity index (χ0n) is 8.07. The first-order valence-electron chi connectivity index (χ1n) is 4.93. The van der Waals surface area contributed by atoms with E-state index in [1.54, 1.807) is 6.07 Å². The van der Waals surface area contributed by atoms with Crippen LogP contribution in [0.4, 0.5) is 5.69 Å². The van der Waals surface area contributed by atoms with Gasteiger partial charge in [0.25, 0.3) is 0 Å². The van der Waals surface area contributed by atoms with Crippen LogP contribution in [-0.2, 0) is 0 Å². The van der Waals surface area contributed by atoms with Crippen molar-refractivity contribution in [1.29, 1.82) is 0 Å². The van der Waals surface area contributed by atoms with Gasteiger partial charge in [-0.3, -0.25) is 0 Å². The minimum Gasteiger partial charge on any atom is -0.506 e. The molecule has 2 nitrogen and oxygen atoms in total. The Morgan fingerprint density at radius 2 is 2.00 bits per heavy atom. The molecule has 1 saturated heterocycles. The summed E-state index contributed by atoms with van der Waals surface area (Å²) in [5.74, 6) is 3.31. The van der Waals surface area contributed by atoms with Crippen LogP contribution in [-0.4, -0.2) is 16.6 Å². The summed E-state index contributed by atoms with van der Waals surface area (Å²) >= 11 is 2.02. The van der Waals surface area contributed by atoms with Crippen molar-refractivity contribution in [3.8, 4) is 5.75 Å². The molecule has 76 valence electrons. The average molecular weight is 209 g/mol. The van der Waals surface area contributed by atoms with E-state index in [0.717, 1.165) is 0 Å². The Labute approximate surface area is 88.5 Å². The van der Waals surface area contributed by atoms with E-state index in [2.05, 4.69) is 0 Å². The Hall–Kier alpha value is -0.830. The SMILES string of the molecule is Nc1cc(C2CCSCC2)ccc1O. The molecule has 0 unspecified atom stereocenters. The van der Waals surface area contributed by atoms with Crippen molar-refractivity contribution in [2.75, 3.05) is 17.2 Å². The fourth-order valence-electron chi connectivity index (χ4n) is 1.86. The van der Waals surface area contributed by atoms with E-state index in [1.165, 1.54) is 29.9 Å². The van der Waals surface area contributed by atoms with Gasteiger partial charge in [0, 0.05) is 0 Å². The molecule has 2 rings (SSSR count). The number of thioether (sulfide) groups is 1. The highest BCUT2D eigenvalue weighted by Crippen LogP contribution is 2.34. The summed E-state index contributed by atoms with van der Waals surface area (Å²) in [6.07, 6.45) is 2.46. The van der Waals surface area contributed by atoms with Crippen molar-refractivity contribution < 1.29 is 5.11 Å². The van der Waals surface area contributed by atoms with E-state index in [9.17, 15) is 5.11 Å². The van der Waals surface area contributed by atoms with Crippen LogP contribution in [0.1, 0.15) is 24.3 Å². The van der Waals surface area contributed by atoms with Crippen molar-refractivity contribution >= 4 is 17.4 Å². The molecule has 3 N–H and O–H groups in total. The minimum atomic E-state index is 0.193. The van der Waals surface area contributed by atoms with Gasteiger partial charge in [-0.2, -0.15) is 11.8 Å². The number of nitrogens with two attached hydrogens (primary N) is 1. The maximum absolute atomic E-state index is 9.31. The van der Waals surface area contributed by atoms with Gasteiger partial charge in [-0.15, -0.1) is 0 Å². The molecule has 0 amide bonds. The molecule has 1 aromatic rings. The highest BCUT2D eigenvalue weighted by molar-refractivity contribution is 7.99. The first kappa shape index (κ1) is 9.71. The first-order valence-corrected chi connectivity index (χ1v) is 6.09. The van der Waals surface area contributed by atoms with Gasteiger partial charge in [0.15, 0.2) is 0 Å². The van der Waals surface area contributed by atoms with Crippen molar-refractivity contribution in [2.24, 2.45) is 0 Å². The number of anilines is 1. The summed E-state index contributed by atoms with van der Waals surface area (Å²) < 4.78 is 0. The van der Waals surface area contributed by atoms with Crippen molar-refractivity contribution in [3.63, 3.8) is 0 Å². The number of hydrogen-bond donors (Lipinski definition) is 2. The second-order valence-corrected chi connectivity index (χ2v) is 4.93. The highest BCUT2D eigenvalue weighted by Gasteiger charge is 2.16. The van der Waals surface area contributed by atoms with Gasteiger partial charge >= 0.3 is 0 Å². The Balaban J connectivity index is 2.18. The van der Waals surface area contributed by atoms with E-state index in [-0.39, 0.29) is 5.75 Å². The van der Waals surface area contributed by atoms with E-state index in [4.69, 9.17) is 5.73 Å². The number of phenols is 1. The molecular formula is C11H15NOS. The number of nitrogen functional groups attached to an aromatic ring is 1. The zero-order valence-corrected chi connectivity index (χ0v) is 8.89. The molecule has 1 fully saturated rings. The molecule has 1 heterocycles. The Bertz CT molecular complexity index is 321. The third kappa shape index (κ3) is 1.98. The quantitative estimate of drug-likeness (QED) is 0.552. The molecule has 1 aromatic carbocycles. The fourth-order valence-corrected chi connectivity index (χ4v) is 2.96. The van der Waals surface area contributed by atoms with E-state index in [0.29, 0.717) is 11.6 Å². The van der Waals surface area contributed by atoms with E-state index < -0.39 is 0 Å². The summed E-state index contributed by atoms with van der Waals surface area (Å²) in [6, 6.07) is 5.61. The van der Waals surface area contributed by atoms with Crippen LogP contribution in [0.25, 0.3) is 0 Å². The van der Waals surface area contributed by atoms with Gasteiger partial charge in [-0.1, -0.05) is 6.07 Å². The van der Waals surface area contributed by atoms with Crippen molar-refractivity contribution in [3.05, 3.63) is 23.8 Å². The van der Waals surface area contributed by atoms with Gasteiger partial charge in [-0.25, -0.2) is 0 Å². The highest BCUT2D eigenvalue weighted by atomic mass is 32.2. The lowest BCUT2D eigenvalue weighted by molar-refractivity contribution is 0.477. The van der Waals surface area contributed by atoms with Gasteiger partial charge in [-0.05, 0) is 48.0 Å². The largest absolute Gasteiger partial charge is 0.506 e. The average Bonchev–Trinajstić information content (AvgIpc) is 2.23. The van der Waals surface area contributed by atoms with Crippen molar-refractivity contribution in [2.45, 2.75) is 18.8 Å². The smallest absolute Gasteiger partial charge is 0.138 e. The molecule has 0 aliphatic carbocycles. The van der Waals surface area contributed by atoms with Gasteiger partial charge < -0.3 is 10.8 Å². The Morgan fingerprint density at radius 3 is 2.64 bits per heavy atom. The molecule has 0 spiro atoms. The number of benzene rings is 1. The molecule has 14 heavy (non-hydrogen) atoms. The summed E-state index contributed by atoms with van der Waals surface area (Å²) in [5, 5.41) is 9.31. The maximum atomic E-state index is 9.31. The molecule has 0 atom stereocenters. The lowest BCUT2D eigenvalue weighted by Gasteiger charge is -2.22. The summed E-state index contributed by atoms with van der Waals surface area (Å²) in [4.78, 5) is 0. The third-order valence-corrected chi connectivity index (χ3v) is 3.79. The minimum absolute atomic E-state index is 0.193. The molecule has 0 radical (unpaired) electrons. The zero-order chi connectivity index (χ0) is 9.97. The topological polar surface area (TPSA) is 46.2 Å². The second-order valence-electron chi connectivity index (χ2n) is 3.70. The van der Waals surface area contributed by atoms with Crippen LogP contribution in [0.3, 0.4) is 0 Å². The normalized spacial score (nSPS) is 18.3. The molecular weight excluding hydrogens is 194 g/mol. The number of phenolic OH excluding ortho intramolecular Hbond substituents is 1. The molecule has 0 bridgehead atoms. The first-order chi connectivity index (χ1) is 6.77. The summed E-state index contributed by atoms with van der Waals surface area (Å²) in [7, 11) is 0. The van der Waals surface area contributed by atoms with Crippen LogP contribution < -0.4 is 5.73 Å². The number of aromatic hydroxyl groups is 1. The van der Waals surface area contributed by atoms with E-state index in [1.807, 2.05) is 23.9 Å². The molecule has 0 saturated carbocycles. The molecule has 1 aliphatic heterocycles. The maximum Gasteiger partial charge on any atom is 0.138 e. The lowest BCUT2D eigenvalue weighted by atomic mass is 9.93. The van der Waals surface area contributed by atoms with Crippen LogP contribution in [0.2, 0.25) is 0 Å². The fraction of sp³-hybridized carbons (Fsp3) is 0.455. The van der Waals surface area contributed by atoms with Crippen LogP contribution in [0, 0.1) is 0 Å². The van der Waals surface area contributed by atoms with Crippen LogP contribution in [0.5, 0.6) is 5.75 Å². The lowest BCUT2D eigenvalue weighted by Crippen LogP contribution is -2.08. The molecule has 0 aromatic heterocycles. The monoisotopic (exact) mass is 209 g/mol. The Kier molecular flexibility index (Phi) is 2.87. The predicted octanol–water partition coefficient (Wildman–Crippen LogP) is 2.59. The second kappa shape index (κ2) is 4.13. The summed E-state index contributed by atoms with van der Waals surface area (Å²) in [5.41, 5.74) is 7.45.